The monoisotopic (exact) mass is 435 g/mol. The number of anilines is 2. The van der Waals surface area contributed by atoms with Gasteiger partial charge in [0.05, 0.1) is 11.4 Å². The van der Waals surface area contributed by atoms with E-state index < -0.39 is 0 Å². The highest BCUT2D eigenvalue weighted by Gasteiger charge is 2.36. The van der Waals surface area contributed by atoms with Gasteiger partial charge >= 0.3 is 6.03 Å². The van der Waals surface area contributed by atoms with E-state index in [1.54, 1.807) is 11.8 Å². The lowest BCUT2D eigenvalue weighted by atomic mass is 10.1. The molecular weight excluding hydrogens is 414 g/mol. The molecule has 2 aromatic heterocycles. The smallest absolute Gasteiger partial charge is 0.329 e. The Hall–Kier alpha value is -3.33. The normalized spacial score (nSPS) is 16.4. The number of likely N-dealkylation sites (N-methyl/N-ethyl adjacent to an activating group) is 1. The molecule has 31 heavy (non-hydrogen) atoms. The molecule has 5 rings (SSSR count). The van der Waals surface area contributed by atoms with Crippen molar-refractivity contribution in [3.05, 3.63) is 54.0 Å². The second-order valence-corrected chi connectivity index (χ2v) is 8.84. The van der Waals surface area contributed by atoms with E-state index in [1.165, 1.54) is 17.5 Å². The summed E-state index contributed by atoms with van der Waals surface area (Å²) >= 11 is 1.62. The summed E-state index contributed by atoms with van der Waals surface area (Å²) in [5.41, 5.74) is 4.14. The van der Waals surface area contributed by atoms with E-state index in [-0.39, 0.29) is 18.5 Å². The zero-order valence-corrected chi connectivity index (χ0v) is 17.8. The molecule has 158 valence electrons. The Bertz CT molecular complexity index is 1200. The summed E-state index contributed by atoms with van der Waals surface area (Å²) in [4.78, 5) is 43.8. The predicted molar refractivity (Wildman–Crippen MR) is 118 cm³/mol. The third kappa shape index (κ3) is 3.76. The Balaban J connectivity index is 1.46. The fourth-order valence-corrected chi connectivity index (χ4v) is 4.59. The van der Waals surface area contributed by atoms with E-state index >= 15 is 0 Å². The van der Waals surface area contributed by atoms with Crippen LogP contribution in [0.3, 0.4) is 0 Å². The van der Waals surface area contributed by atoms with Crippen LogP contribution in [0.4, 0.5) is 16.2 Å². The van der Waals surface area contributed by atoms with Gasteiger partial charge in [-0.15, -0.1) is 11.8 Å². The number of imidazole rings is 1. The highest BCUT2D eigenvalue weighted by Crippen LogP contribution is 2.42. The third-order valence-electron chi connectivity index (χ3n) is 5.57. The van der Waals surface area contributed by atoms with Gasteiger partial charge in [-0.2, -0.15) is 0 Å². The molecule has 0 unspecified atom stereocenters. The van der Waals surface area contributed by atoms with Crippen LogP contribution in [0.15, 0.2) is 47.6 Å². The van der Waals surface area contributed by atoms with Crippen molar-refractivity contribution in [2.45, 2.75) is 29.4 Å². The maximum atomic E-state index is 12.6. The number of carbonyl (C=O) groups is 3. The summed E-state index contributed by atoms with van der Waals surface area (Å²) in [7, 11) is 1.51. The van der Waals surface area contributed by atoms with Crippen molar-refractivity contribution in [3.8, 4) is 0 Å². The molecule has 3 aromatic rings. The van der Waals surface area contributed by atoms with Crippen LogP contribution in [0.2, 0.25) is 0 Å². The number of imide groups is 1. The van der Waals surface area contributed by atoms with Crippen LogP contribution < -0.4 is 10.2 Å². The molecular formula is C22H21N5O3S. The van der Waals surface area contributed by atoms with Crippen LogP contribution in [0.1, 0.15) is 30.0 Å². The summed E-state index contributed by atoms with van der Waals surface area (Å²) in [6.07, 6.45) is 7.00. The Labute approximate surface area is 183 Å². The Kier molecular flexibility index (Phi) is 4.90. The second kappa shape index (κ2) is 7.73. The Morgan fingerprint density at radius 1 is 1.23 bits per heavy atom. The highest BCUT2D eigenvalue weighted by molar-refractivity contribution is 7.98. The van der Waals surface area contributed by atoms with Crippen molar-refractivity contribution in [3.63, 3.8) is 0 Å². The summed E-state index contributed by atoms with van der Waals surface area (Å²) in [6, 6.07) is 9.31. The van der Waals surface area contributed by atoms with Gasteiger partial charge in [-0.1, -0.05) is 6.07 Å². The fraction of sp³-hybridized carbons (Fsp3) is 0.273. The minimum atomic E-state index is -0.321. The average molecular weight is 436 g/mol. The van der Waals surface area contributed by atoms with Gasteiger partial charge in [0, 0.05) is 35.8 Å². The first-order valence-corrected chi connectivity index (χ1v) is 11.0. The van der Waals surface area contributed by atoms with Gasteiger partial charge in [0.15, 0.2) is 5.65 Å². The number of nitrogens with one attached hydrogen (secondary N) is 1. The van der Waals surface area contributed by atoms with Crippen molar-refractivity contribution < 1.29 is 14.4 Å². The summed E-state index contributed by atoms with van der Waals surface area (Å²) in [6.45, 7) is 0.0343. The van der Waals surface area contributed by atoms with Crippen molar-refractivity contribution >= 4 is 47.1 Å². The molecule has 1 aliphatic carbocycles. The van der Waals surface area contributed by atoms with E-state index in [2.05, 4.69) is 11.5 Å². The fourth-order valence-electron chi connectivity index (χ4n) is 3.75. The highest BCUT2D eigenvalue weighted by atomic mass is 32.2. The number of amides is 4. The molecule has 0 atom stereocenters. The molecule has 1 saturated heterocycles. The van der Waals surface area contributed by atoms with Gasteiger partial charge in [-0.05, 0) is 48.6 Å². The molecule has 1 aromatic carbocycles. The molecule has 2 fully saturated rings. The van der Waals surface area contributed by atoms with Crippen molar-refractivity contribution in [1.29, 1.82) is 0 Å². The van der Waals surface area contributed by atoms with Crippen LogP contribution in [0.25, 0.3) is 5.65 Å². The first kappa shape index (κ1) is 19.6. The minimum absolute atomic E-state index is 0.0343. The number of thioether (sulfide) groups is 1. The number of carbonyl (C=O) groups excluding carboxylic acids is 3. The van der Waals surface area contributed by atoms with E-state index in [0.717, 1.165) is 34.0 Å². The van der Waals surface area contributed by atoms with Crippen LogP contribution in [-0.2, 0) is 15.3 Å². The Morgan fingerprint density at radius 2 is 2.06 bits per heavy atom. The lowest BCUT2D eigenvalue weighted by Gasteiger charge is -2.17. The number of benzene rings is 1. The van der Waals surface area contributed by atoms with E-state index in [4.69, 9.17) is 4.98 Å². The number of rotatable bonds is 7. The number of hydrogen-bond donors (Lipinski definition) is 1. The second-order valence-electron chi connectivity index (χ2n) is 7.80. The van der Waals surface area contributed by atoms with Crippen LogP contribution in [0, 0.1) is 0 Å². The van der Waals surface area contributed by atoms with Crippen LogP contribution in [-0.4, -0.2) is 46.2 Å². The SMILES string of the molecule is CN1C(=O)CN(c2cc(C3CC3)cn3cc(CSc4cccc(NC=O)c4)nc23)C1=O. The van der Waals surface area contributed by atoms with E-state index in [9.17, 15) is 14.4 Å². The maximum absolute atomic E-state index is 12.6. The van der Waals surface area contributed by atoms with Gasteiger partial charge < -0.3 is 9.72 Å². The van der Waals surface area contributed by atoms with Crippen molar-refractivity contribution in [2.75, 3.05) is 23.8 Å². The topological polar surface area (TPSA) is 87.0 Å². The molecule has 9 heteroatoms. The number of nitrogens with zero attached hydrogens (tertiary/aromatic N) is 4. The minimum Gasteiger partial charge on any atom is -0.329 e. The van der Waals surface area contributed by atoms with Gasteiger partial charge in [0.25, 0.3) is 0 Å². The predicted octanol–water partition coefficient (Wildman–Crippen LogP) is 3.47. The lowest BCUT2D eigenvalue weighted by Crippen LogP contribution is -2.30. The number of pyridine rings is 1. The first-order valence-electron chi connectivity index (χ1n) is 10.1. The van der Waals surface area contributed by atoms with Gasteiger partial charge in [-0.25, -0.2) is 9.78 Å². The zero-order valence-electron chi connectivity index (χ0n) is 16.9. The van der Waals surface area contributed by atoms with Gasteiger partial charge in [0.1, 0.15) is 6.54 Å². The van der Waals surface area contributed by atoms with E-state index in [0.29, 0.717) is 29.4 Å². The quantitative estimate of drug-likeness (QED) is 0.349. The molecule has 1 aliphatic heterocycles. The molecule has 1 saturated carbocycles. The molecule has 0 radical (unpaired) electrons. The average Bonchev–Trinajstić information content (AvgIpc) is 3.49. The molecule has 4 amide bonds. The number of aromatic nitrogens is 2. The molecule has 8 nitrogen and oxygen atoms in total. The standard InChI is InChI=1S/C22H21N5O3S/c1-25-20(29)11-27(22(25)30)19-7-15(14-5-6-14)9-26-10-17(24-21(19)26)12-31-18-4-2-3-16(8-18)23-13-28/h2-4,7-10,13-14H,5-6,11-12H2,1H3,(H,23,28). The molecule has 0 spiro atoms. The lowest BCUT2D eigenvalue weighted by molar-refractivity contribution is -0.123. The molecule has 1 N–H and O–H groups in total. The van der Waals surface area contributed by atoms with Crippen LogP contribution >= 0.6 is 11.8 Å². The molecule has 3 heterocycles. The van der Waals surface area contributed by atoms with Gasteiger partial charge in [0.2, 0.25) is 12.3 Å². The largest absolute Gasteiger partial charge is 0.331 e. The van der Waals surface area contributed by atoms with Crippen molar-refractivity contribution in [2.24, 2.45) is 0 Å². The Morgan fingerprint density at radius 3 is 2.77 bits per heavy atom. The maximum Gasteiger partial charge on any atom is 0.331 e. The molecule has 2 aliphatic rings. The molecule has 0 bridgehead atoms. The zero-order chi connectivity index (χ0) is 21.5. The van der Waals surface area contributed by atoms with Crippen LogP contribution in [0.5, 0.6) is 0 Å². The number of urea groups is 1. The van der Waals surface area contributed by atoms with Gasteiger partial charge in [-0.3, -0.25) is 19.4 Å². The third-order valence-corrected chi connectivity index (χ3v) is 6.60. The number of hydrogen-bond acceptors (Lipinski definition) is 5. The summed E-state index contributed by atoms with van der Waals surface area (Å²) in [5, 5.41) is 2.66. The van der Waals surface area contributed by atoms with E-state index in [1.807, 2.05) is 40.9 Å². The number of fused-ring (bicyclic) bond motifs is 1. The summed E-state index contributed by atoms with van der Waals surface area (Å²) < 4.78 is 1.97. The van der Waals surface area contributed by atoms with Crippen molar-refractivity contribution in [1.82, 2.24) is 14.3 Å². The first-order chi connectivity index (χ1) is 15.0. The summed E-state index contributed by atoms with van der Waals surface area (Å²) in [5.74, 6) is 0.922.